The molecule has 0 aliphatic heterocycles. The van der Waals surface area contributed by atoms with Crippen LogP contribution in [0.4, 0.5) is 0 Å². The number of carbonyl (C=O) groups excluding carboxylic acids is 3. The number of hydrogen-bond acceptors (Lipinski definition) is 6. The quantitative estimate of drug-likeness (QED) is 0.0351. The summed E-state index contributed by atoms with van der Waals surface area (Å²) < 4.78 is 16.6. The minimum absolute atomic E-state index is 0.0636. The van der Waals surface area contributed by atoms with Gasteiger partial charge in [-0.25, -0.2) is 0 Å². The molecular formula is C47H90O6. The first kappa shape index (κ1) is 51.4. The molecule has 0 rings (SSSR count). The van der Waals surface area contributed by atoms with Gasteiger partial charge in [0, 0.05) is 19.3 Å². The lowest BCUT2D eigenvalue weighted by Gasteiger charge is -2.18. The molecule has 0 heterocycles. The van der Waals surface area contributed by atoms with Crippen molar-refractivity contribution in [3.8, 4) is 0 Å². The highest BCUT2D eigenvalue weighted by atomic mass is 16.6. The summed E-state index contributed by atoms with van der Waals surface area (Å²) in [6.07, 6.45) is 44.0. The minimum Gasteiger partial charge on any atom is -0.462 e. The average Bonchev–Trinajstić information content (AvgIpc) is 3.15. The third kappa shape index (κ3) is 41.4. The van der Waals surface area contributed by atoms with Gasteiger partial charge in [0.1, 0.15) is 13.2 Å². The van der Waals surface area contributed by atoms with Gasteiger partial charge in [0.15, 0.2) is 6.10 Å². The Morgan fingerprint density at radius 3 is 0.755 bits per heavy atom. The van der Waals surface area contributed by atoms with Crippen LogP contribution in [0.25, 0.3) is 0 Å². The molecule has 0 aliphatic carbocycles. The Morgan fingerprint density at radius 1 is 0.302 bits per heavy atom. The molecule has 0 aromatic carbocycles. The lowest BCUT2D eigenvalue weighted by atomic mass is 10.0. The molecule has 6 nitrogen and oxygen atoms in total. The summed E-state index contributed by atoms with van der Waals surface area (Å²) in [4.78, 5) is 37.5. The van der Waals surface area contributed by atoms with Crippen LogP contribution in [0.5, 0.6) is 0 Å². The van der Waals surface area contributed by atoms with Crippen molar-refractivity contribution in [2.24, 2.45) is 0 Å². The van der Waals surface area contributed by atoms with Crippen LogP contribution < -0.4 is 0 Å². The van der Waals surface area contributed by atoms with Crippen molar-refractivity contribution in [2.75, 3.05) is 13.2 Å². The van der Waals surface area contributed by atoms with Crippen LogP contribution in [-0.2, 0) is 28.6 Å². The molecule has 53 heavy (non-hydrogen) atoms. The van der Waals surface area contributed by atoms with E-state index in [1.807, 2.05) is 0 Å². The molecule has 1 atom stereocenters. The fraction of sp³-hybridized carbons (Fsp3) is 0.936. The van der Waals surface area contributed by atoms with E-state index < -0.39 is 6.10 Å². The zero-order valence-corrected chi connectivity index (χ0v) is 35.8. The van der Waals surface area contributed by atoms with E-state index in [0.717, 1.165) is 64.2 Å². The van der Waals surface area contributed by atoms with Crippen molar-refractivity contribution < 1.29 is 28.6 Å². The Kier molecular flexibility index (Phi) is 41.8. The van der Waals surface area contributed by atoms with Crippen molar-refractivity contribution in [1.82, 2.24) is 0 Å². The molecule has 0 unspecified atom stereocenters. The van der Waals surface area contributed by atoms with Gasteiger partial charge in [0.05, 0.1) is 0 Å². The first-order valence-corrected chi connectivity index (χ1v) is 23.5. The first-order chi connectivity index (χ1) is 26.0. The molecule has 0 aliphatic rings. The topological polar surface area (TPSA) is 78.9 Å². The highest BCUT2D eigenvalue weighted by molar-refractivity contribution is 5.71. The van der Waals surface area contributed by atoms with E-state index in [-0.39, 0.29) is 31.1 Å². The Labute approximate surface area is 329 Å². The molecule has 0 aromatic heterocycles. The summed E-state index contributed by atoms with van der Waals surface area (Å²) in [7, 11) is 0. The van der Waals surface area contributed by atoms with Crippen LogP contribution in [0, 0.1) is 0 Å². The van der Waals surface area contributed by atoms with E-state index in [2.05, 4.69) is 20.8 Å². The summed E-state index contributed by atoms with van der Waals surface area (Å²) in [5, 5.41) is 0. The van der Waals surface area contributed by atoms with Gasteiger partial charge in [-0.2, -0.15) is 0 Å². The highest BCUT2D eigenvalue weighted by Gasteiger charge is 2.19. The van der Waals surface area contributed by atoms with Crippen LogP contribution in [-0.4, -0.2) is 37.2 Å². The molecule has 0 radical (unpaired) electrons. The summed E-state index contributed by atoms with van der Waals surface area (Å²) in [5.41, 5.74) is 0. The largest absolute Gasteiger partial charge is 0.462 e. The second-order valence-electron chi connectivity index (χ2n) is 16.0. The smallest absolute Gasteiger partial charge is 0.306 e. The number of unbranched alkanes of at least 4 members (excludes halogenated alkanes) is 32. The van der Waals surface area contributed by atoms with Crippen molar-refractivity contribution in [3.05, 3.63) is 0 Å². The average molecular weight is 751 g/mol. The van der Waals surface area contributed by atoms with E-state index in [1.54, 1.807) is 0 Å². The van der Waals surface area contributed by atoms with Crippen LogP contribution in [0.2, 0.25) is 0 Å². The van der Waals surface area contributed by atoms with E-state index in [1.165, 1.54) is 161 Å². The molecule has 0 amide bonds. The lowest BCUT2D eigenvalue weighted by molar-refractivity contribution is -0.167. The number of carbonyl (C=O) groups is 3. The summed E-state index contributed by atoms with van der Waals surface area (Å²) in [5.74, 6) is -0.863. The van der Waals surface area contributed by atoms with Crippen molar-refractivity contribution in [3.63, 3.8) is 0 Å². The molecule has 0 saturated carbocycles. The standard InChI is InChI=1S/C47H90O6/c1-4-7-10-13-15-17-19-21-23-24-26-28-30-32-35-38-41-47(50)53-44(42-51-45(48)39-36-33-12-9-6-3)43-52-46(49)40-37-34-31-29-27-25-22-20-18-16-14-11-8-5-2/h44H,4-43H2,1-3H3/t44-/m1/s1. The van der Waals surface area contributed by atoms with Gasteiger partial charge in [-0.15, -0.1) is 0 Å². The third-order valence-electron chi connectivity index (χ3n) is 10.6. The van der Waals surface area contributed by atoms with E-state index in [0.29, 0.717) is 19.3 Å². The highest BCUT2D eigenvalue weighted by Crippen LogP contribution is 2.16. The monoisotopic (exact) mass is 751 g/mol. The van der Waals surface area contributed by atoms with Gasteiger partial charge in [-0.1, -0.05) is 226 Å². The van der Waals surface area contributed by atoms with E-state index in [4.69, 9.17) is 14.2 Å². The van der Waals surface area contributed by atoms with Crippen molar-refractivity contribution >= 4 is 17.9 Å². The molecule has 0 N–H and O–H groups in total. The Morgan fingerprint density at radius 2 is 0.509 bits per heavy atom. The van der Waals surface area contributed by atoms with Crippen LogP contribution in [0.15, 0.2) is 0 Å². The normalized spacial score (nSPS) is 11.8. The lowest BCUT2D eigenvalue weighted by Crippen LogP contribution is -2.30. The second-order valence-corrected chi connectivity index (χ2v) is 16.0. The predicted molar refractivity (Wildman–Crippen MR) is 224 cm³/mol. The van der Waals surface area contributed by atoms with Crippen molar-refractivity contribution in [2.45, 2.75) is 271 Å². The number of hydrogen-bond donors (Lipinski definition) is 0. The molecule has 0 bridgehead atoms. The Hall–Kier alpha value is -1.59. The second kappa shape index (κ2) is 43.1. The first-order valence-electron chi connectivity index (χ1n) is 23.5. The maximum absolute atomic E-state index is 12.7. The molecule has 0 aromatic rings. The van der Waals surface area contributed by atoms with E-state index >= 15 is 0 Å². The summed E-state index contributed by atoms with van der Waals surface area (Å²) >= 11 is 0. The number of ether oxygens (including phenoxy) is 3. The summed E-state index contributed by atoms with van der Waals surface area (Å²) in [6, 6.07) is 0. The molecule has 314 valence electrons. The molecule has 0 spiro atoms. The zero-order chi connectivity index (χ0) is 38.7. The fourth-order valence-electron chi connectivity index (χ4n) is 7.03. The molecular weight excluding hydrogens is 661 g/mol. The molecule has 0 fully saturated rings. The van der Waals surface area contributed by atoms with E-state index in [9.17, 15) is 14.4 Å². The number of rotatable bonds is 43. The van der Waals surface area contributed by atoms with Gasteiger partial charge in [-0.05, 0) is 19.3 Å². The maximum Gasteiger partial charge on any atom is 0.306 e. The van der Waals surface area contributed by atoms with Crippen LogP contribution >= 0.6 is 0 Å². The Bertz CT molecular complexity index is 783. The maximum atomic E-state index is 12.7. The van der Waals surface area contributed by atoms with Crippen LogP contribution in [0.3, 0.4) is 0 Å². The van der Waals surface area contributed by atoms with Gasteiger partial charge < -0.3 is 14.2 Å². The van der Waals surface area contributed by atoms with Gasteiger partial charge in [0.25, 0.3) is 0 Å². The zero-order valence-electron chi connectivity index (χ0n) is 35.8. The summed E-state index contributed by atoms with van der Waals surface area (Å²) in [6.45, 7) is 6.58. The Balaban J connectivity index is 4.15. The SMILES string of the molecule is CCCCCCCCCCCCCCCCCCC(=O)O[C@H](COC(=O)CCCCCCC)COC(=O)CCCCCCCCCCCCCCCC. The third-order valence-corrected chi connectivity index (χ3v) is 10.6. The van der Waals surface area contributed by atoms with Gasteiger partial charge in [-0.3, -0.25) is 14.4 Å². The molecule has 6 heteroatoms. The van der Waals surface area contributed by atoms with Gasteiger partial charge in [0.2, 0.25) is 0 Å². The van der Waals surface area contributed by atoms with Crippen molar-refractivity contribution in [1.29, 1.82) is 0 Å². The number of esters is 3. The molecule has 0 saturated heterocycles. The minimum atomic E-state index is -0.757. The van der Waals surface area contributed by atoms with Gasteiger partial charge >= 0.3 is 17.9 Å². The fourth-order valence-corrected chi connectivity index (χ4v) is 7.03. The van der Waals surface area contributed by atoms with Crippen LogP contribution in [0.1, 0.15) is 265 Å². The predicted octanol–water partition coefficient (Wildman–Crippen LogP) is 14.9.